The zero-order valence-electron chi connectivity index (χ0n) is 25.3. The van der Waals surface area contributed by atoms with Gasteiger partial charge in [-0.1, -0.05) is 51.8 Å². The summed E-state index contributed by atoms with van der Waals surface area (Å²) in [4.78, 5) is 4.57. The maximum atomic E-state index is 6.91. The van der Waals surface area contributed by atoms with Crippen molar-refractivity contribution in [3.8, 4) is 0 Å². The molecule has 1 aromatic rings. The highest BCUT2D eigenvalue weighted by Gasteiger charge is 2.57. The van der Waals surface area contributed by atoms with Crippen molar-refractivity contribution in [2.75, 3.05) is 12.1 Å². The maximum absolute atomic E-state index is 6.91. The van der Waals surface area contributed by atoms with E-state index in [2.05, 4.69) is 93.6 Å². The fourth-order valence-corrected chi connectivity index (χ4v) is 12.9. The van der Waals surface area contributed by atoms with Crippen LogP contribution in [0.2, 0.25) is 0 Å². The monoisotopic (exact) mass is 609 g/mol. The lowest BCUT2D eigenvalue weighted by Crippen LogP contribution is -2.55. The van der Waals surface area contributed by atoms with E-state index in [1.807, 2.05) is 0 Å². The lowest BCUT2D eigenvalue weighted by atomic mass is 9.73. The van der Waals surface area contributed by atoms with Crippen molar-refractivity contribution in [3.05, 3.63) is 29.8 Å². The minimum absolute atomic E-state index is 0.251. The van der Waals surface area contributed by atoms with Gasteiger partial charge in [0.25, 0.3) is 0 Å². The summed E-state index contributed by atoms with van der Waals surface area (Å²) in [6.07, 6.45) is 14.1. The topological polar surface area (TPSA) is 3.24 Å². The molecule has 0 N–H and O–H groups in total. The van der Waals surface area contributed by atoms with Crippen molar-refractivity contribution in [2.45, 2.75) is 137 Å². The number of nitrogens with zero attached hydrogens (tertiary/aromatic N) is 1. The Morgan fingerprint density at radius 1 is 1.05 bits per heavy atom. The van der Waals surface area contributed by atoms with Crippen LogP contribution >= 0.6 is 46.7 Å². The van der Waals surface area contributed by atoms with Gasteiger partial charge in [-0.2, -0.15) is 11.8 Å². The van der Waals surface area contributed by atoms with Crippen LogP contribution in [-0.2, 0) is 0 Å². The number of hydrogen-bond acceptors (Lipinski definition) is 3. The van der Waals surface area contributed by atoms with Gasteiger partial charge in [-0.05, 0) is 106 Å². The second-order valence-corrected chi connectivity index (χ2v) is 17.8. The number of halogens is 2. The first-order chi connectivity index (χ1) is 18.7. The van der Waals surface area contributed by atoms with Crippen LogP contribution in [0.1, 0.15) is 104 Å². The van der Waals surface area contributed by atoms with E-state index in [-0.39, 0.29) is 5.38 Å². The number of hydrogen-bond donors (Lipinski definition) is 0. The molecule has 1 heterocycles. The van der Waals surface area contributed by atoms with Crippen LogP contribution in [-0.4, -0.2) is 51.0 Å². The predicted octanol–water partition coefficient (Wildman–Crippen LogP) is 10.3. The van der Waals surface area contributed by atoms with E-state index < -0.39 is 0 Å². The molecule has 1 nitrogen and oxygen atoms in total. The predicted molar refractivity (Wildman–Crippen MR) is 176 cm³/mol. The van der Waals surface area contributed by atoms with Crippen molar-refractivity contribution in [1.82, 2.24) is 4.90 Å². The van der Waals surface area contributed by atoms with Gasteiger partial charge < -0.3 is 0 Å². The molecule has 4 aliphatic rings. The first-order valence-corrected chi connectivity index (χ1v) is 19.0. The number of fused-ring (bicyclic) bond motifs is 4. The zero-order chi connectivity index (χ0) is 27.9. The van der Waals surface area contributed by atoms with Crippen LogP contribution in [0.25, 0.3) is 0 Å². The Kier molecular flexibility index (Phi) is 10.3. The van der Waals surface area contributed by atoms with Gasteiger partial charge in [0.1, 0.15) is 0 Å². The SMILES string of the molecule is CSC1C(C(C)N(C(CCl)CCCC(C)Cl)C2CCCC3C(C2)C3C(C)(C)C)CC[C@H]2Sc3ccccc3C12. The van der Waals surface area contributed by atoms with E-state index in [9.17, 15) is 0 Å². The molecule has 0 bridgehead atoms. The summed E-state index contributed by atoms with van der Waals surface area (Å²) in [5.41, 5.74) is 2.06. The average molecular weight is 611 g/mol. The van der Waals surface area contributed by atoms with Gasteiger partial charge >= 0.3 is 0 Å². The van der Waals surface area contributed by atoms with Crippen molar-refractivity contribution >= 4 is 46.7 Å². The van der Waals surface area contributed by atoms with Gasteiger partial charge in [0, 0.05) is 50.7 Å². The van der Waals surface area contributed by atoms with E-state index in [1.165, 1.54) is 51.4 Å². The molecule has 11 atom stereocenters. The summed E-state index contributed by atoms with van der Waals surface area (Å²) in [7, 11) is 0. The van der Waals surface area contributed by atoms with Crippen LogP contribution in [0.5, 0.6) is 0 Å². The largest absolute Gasteiger partial charge is 0.293 e. The van der Waals surface area contributed by atoms with Gasteiger partial charge in [-0.25, -0.2) is 0 Å². The number of benzene rings is 1. The van der Waals surface area contributed by atoms with Crippen molar-refractivity contribution in [1.29, 1.82) is 0 Å². The molecule has 0 amide bonds. The maximum Gasteiger partial charge on any atom is 0.0379 e. The normalized spacial score (nSPS) is 36.4. The molecule has 1 aliphatic heterocycles. The standard InChI is InChI=1S/C34H53Cl2NS2/c1-21(36)11-9-13-24(20-35)37(23-12-10-15-26-28(19-23)32(26)34(3,4)5)22(2)25-17-18-30-31(33(25)38-6)27-14-7-8-16-29(27)39-30/h7-8,14,16,21-26,28,30-33H,9-13,15,17-20H2,1-6H3/t21?,22?,23?,24?,25?,26?,28?,30-,31?,32?,33?/m1/s1. The van der Waals surface area contributed by atoms with Crippen LogP contribution in [0.15, 0.2) is 29.2 Å². The second-order valence-electron chi connectivity index (χ2n) is 14.4. The molecular weight excluding hydrogens is 557 g/mol. The quantitative estimate of drug-likeness (QED) is 0.243. The molecule has 5 heteroatoms. The van der Waals surface area contributed by atoms with Crippen molar-refractivity contribution in [3.63, 3.8) is 0 Å². The first-order valence-electron chi connectivity index (χ1n) is 15.9. The number of rotatable bonds is 10. The Morgan fingerprint density at radius 3 is 2.51 bits per heavy atom. The molecule has 1 aromatic carbocycles. The van der Waals surface area contributed by atoms with Crippen LogP contribution < -0.4 is 0 Å². The first kappa shape index (κ1) is 30.9. The molecule has 39 heavy (non-hydrogen) atoms. The third kappa shape index (κ3) is 6.53. The fourth-order valence-electron chi connectivity index (χ4n) is 9.41. The highest BCUT2D eigenvalue weighted by atomic mass is 35.5. The molecule has 0 radical (unpaired) electrons. The third-order valence-corrected chi connectivity index (χ3v) is 14.2. The molecule has 0 spiro atoms. The Morgan fingerprint density at radius 2 is 1.82 bits per heavy atom. The summed E-state index contributed by atoms with van der Waals surface area (Å²) < 4.78 is 0. The van der Waals surface area contributed by atoms with Crippen LogP contribution in [0, 0.1) is 29.1 Å². The minimum atomic E-state index is 0.251. The Bertz CT molecular complexity index is 947. The summed E-state index contributed by atoms with van der Waals surface area (Å²) in [5.74, 6) is 4.92. The minimum Gasteiger partial charge on any atom is -0.293 e. The zero-order valence-corrected chi connectivity index (χ0v) is 28.4. The van der Waals surface area contributed by atoms with Crippen LogP contribution in [0.3, 0.4) is 0 Å². The summed E-state index contributed by atoms with van der Waals surface area (Å²) in [6.45, 7) is 12.2. The van der Waals surface area contributed by atoms with E-state index in [1.54, 1.807) is 10.5 Å². The highest BCUT2D eigenvalue weighted by Crippen LogP contribution is 2.62. The lowest BCUT2D eigenvalue weighted by molar-refractivity contribution is 0.0350. The van der Waals surface area contributed by atoms with Crippen LogP contribution in [0.4, 0.5) is 0 Å². The number of thioether (sulfide) groups is 2. The number of alkyl halides is 2. The van der Waals surface area contributed by atoms with Gasteiger partial charge in [-0.15, -0.1) is 35.0 Å². The molecule has 0 saturated heterocycles. The van der Waals surface area contributed by atoms with Gasteiger partial charge in [-0.3, -0.25) is 4.90 Å². The van der Waals surface area contributed by atoms with Crippen molar-refractivity contribution < 1.29 is 0 Å². The molecule has 5 rings (SSSR count). The molecule has 0 aromatic heterocycles. The summed E-state index contributed by atoms with van der Waals surface area (Å²) in [6, 6.07) is 11.0. The Hall–Kier alpha value is 0.460. The van der Waals surface area contributed by atoms with E-state index in [0.29, 0.717) is 40.6 Å². The average Bonchev–Trinajstić information content (AvgIpc) is 3.52. The second kappa shape index (κ2) is 13.0. The van der Waals surface area contributed by atoms with E-state index in [4.69, 9.17) is 23.2 Å². The Labute approximate surface area is 258 Å². The smallest absolute Gasteiger partial charge is 0.0379 e. The fraction of sp³-hybridized carbons (Fsp3) is 0.824. The highest BCUT2D eigenvalue weighted by molar-refractivity contribution is 8.01. The van der Waals surface area contributed by atoms with E-state index >= 15 is 0 Å². The summed E-state index contributed by atoms with van der Waals surface area (Å²) in [5, 5.41) is 1.68. The van der Waals surface area contributed by atoms with Gasteiger partial charge in [0.15, 0.2) is 0 Å². The molecule has 10 unspecified atom stereocenters. The third-order valence-electron chi connectivity index (χ3n) is 11.0. The lowest BCUT2D eigenvalue weighted by Gasteiger charge is -2.50. The van der Waals surface area contributed by atoms with E-state index in [0.717, 1.165) is 35.3 Å². The Balaban J connectivity index is 1.41. The van der Waals surface area contributed by atoms with Crippen molar-refractivity contribution in [2.24, 2.45) is 29.1 Å². The molecule has 3 aliphatic carbocycles. The molecule has 3 fully saturated rings. The summed E-state index contributed by atoms with van der Waals surface area (Å²) >= 11 is 17.6. The van der Waals surface area contributed by atoms with Gasteiger partial charge in [0.2, 0.25) is 0 Å². The van der Waals surface area contributed by atoms with Gasteiger partial charge in [0.05, 0.1) is 0 Å². The molecular formula is C34H53Cl2NS2. The molecule has 220 valence electrons. The molecule has 3 saturated carbocycles.